The summed E-state index contributed by atoms with van der Waals surface area (Å²) in [6.45, 7) is 2.63. The van der Waals surface area contributed by atoms with Crippen molar-refractivity contribution >= 4 is 41.8 Å². The molecule has 0 radical (unpaired) electrons. The molecule has 1 fully saturated rings. The zero-order chi connectivity index (χ0) is 27.3. The van der Waals surface area contributed by atoms with Crippen LogP contribution >= 0.6 is 12.4 Å². The Morgan fingerprint density at radius 3 is 2.33 bits per heavy atom. The number of hydrogen-bond acceptors (Lipinski definition) is 5. The summed E-state index contributed by atoms with van der Waals surface area (Å²) in [5, 5.41) is 7.52. The number of nitrogen functional groups attached to an aromatic ring is 1. The fourth-order valence-electron chi connectivity index (χ4n) is 5.75. The second-order valence-corrected chi connectivity index (χ2v) is 10.5. The van der Waals surface area contributed by atoms with Crippen LogP contribution in [0.1, 0.15) is 78.9 Å². The number of carbonyl (C=O) groups excluding carboxylic acids is 3. The Labute approximate surface area is 237 Å². The number of fused-ring (bicyclic) bond motifs is 1. The molecular weight excluding hydrogens is 516 g/mol. The third kappa shape index (κ3) is 6.50. The molecule has 2 aliphatic rings. The van der Waals surface area contributed by atoms with E-state index in [9.17, 15) is 14.4 Å². The largest absolute Gasteiger partial charge is 0.523 e. The molecule has 1 heterocycles. The molecule has 1 saturated carbocycles. The highest BCUT2D eigenvalue weighted by Crippen LogP contribution is 2.33. The van der Waals surface area contributed by atoms with Gasteiger partial charge in [-0.25, -0.2) is 4.79 Å². The first kappa shape index (κ1) is 30.3. The zero-order valence-corrected chi connectivity index (χ0v) is 23.7. The minimum Gasteiger partial charge on any atom is -0.420 e. The second kappa shape index (κ2) is 13.2. The summed E-state index contributed by atoms with van der Waals surface area (Å²) in [6.07, 6.45) is 6.85. The van der Waals surface area contributed by atoms with E-state index in [4.69, 9.17) is 15.9 Å². The zero-order valence-electron chi connectivity index (χ0n) is 22.9. The number of nitrogens with one attached hydrogen (secondary N) is 1. The predicted molar refractivity (Wildman–Crippen MR) is 155 cm³/mol. The van der Waals surface area contributed by atoms with Crippen LogP contribution in [0.2, 0.25) is 0 Å². The van der Waals surface area contributed by atoms with Crippen LogP contribution in [0.25, 0.3) is 0 Å². The smallest absolute Gasteiger partial charge is 0.420 e. The van der Waals surface area contributed by atoms with Crippen molar-refractivity contribution in [2.24, 2.45) is 5.73 Å². The first-order valence-corrected chi connectivity index (χ1v) is 13.7. The van der Waals surface area contributed by atoms with Crippen LogP contribution < -0.4 is 10.6 Å². The molecule has 8 nitrogen and oxygen atoms in total. The number of imide groups is 1. The minimum absolute atomic E-state index is 0. The molecule has 0 spiro atoms. The van der Waals surface area contributed by atoms with Gasteiger partial charge in [0.15, 0.2) is 0 Å². The Kier molecular flexibility index (Phi) is 10.3. The fraction of sp³-hybridized carbons (Fsp3) is 0.467. The summed E-state index contributed by atoms with van der Waals surface area (Å²) in [7, 11) is 1.70. The maximum absolute atomic E-state index is 13.9. The van der Waals surface area contributed by atoms with E-state index in [0.29, 0.717) is 30.5 Å². The fourth-order valence-corrected chi connectivity index (χ4v) is 5.75. The van der Waals surface area contributed by atoms with Gasteiger partial charge in [-0.1, -0.05) is 30.7 Å². The standard InChI is InChI=1S/C30H39N4O4.ClH/c1-3-38-30(37)34(2,25-9-5-4-6-10-25)29(36)24-16-17-26-23(20-24)8-7-19-33(26)27(35)18-13-21-11-14-22(15-12-21)28(31)32;/h11-12,14-17,20,25H,3-10,13,18-19H2,1-2H3,(H3,31,32);1H/q+1;. The molecule has 3 N–H and O–H groups in total. The SMILES string of the molecule is CCOC(=O)[N+](C)(C(=O)c1ccc2c(c1)CCCN2C(=O)CCc1ccc(C(=N)N)cc1)C1CCCCC1.Cl. The first-order chi connectivity index (χ1) is 18.3. The average molecular weight is 556 g/mol. The molecule has 1 atom stereocenters. The maximum atomic E-state index is 13.9. The number of anilines is 1. The van der Waals surface area contributed by atoms with Gasteiger partial charge in [0.05, 0.1) is 19.2 Å². The molecule has 9 heteroatoms. The number of quaternary nitrogens is 1. The van der Waals surface area contributed by atoms with Gasteiger partial charge in [-0.2, -0.15) is 9.28 Å². The van der Waals surface area contributed by atoms with Gasteiger partial charge in [0, 0.05) is 37.1 Å². The number of benzene rings is 2. The van der Waals surface area contributed by atoms with Crippen LogP contribution in [0, 0.1) is 5.41 Å². The van der Waals surface area contributed by atoms with Crippen LogP contribution in [0.15, 0.2) is 42.5 Å². The number of carbonyl (C=O) groups is 3. The number of ether oxygens (including phenoxy) is 1. The molecule has 1 unspecified atom stereocenters. The minimum atomic E-state index is -0.490. The summed E-state index contributed by atoms with van der Waals surface area (Å²) < 4.78 is 5.03. The quantitative estimate of drug-likeness (QED) is 0.270. The lowest BCUT2D eigenvalue weighted by molar-refractivity contribution is -0.784. The Bertz CT molecular complexity index is 1210. The number of amidine groups is 1. The number of hydrogen-bond donors (Lipinski definition) is 2. The van der Waals surface area contributed by atoms with E-state index >= 15 is 0 Å². The molecule has 2 aromatic carbocycles. The van der Waals surface area contributed by atoms with Crippen LogP contribution in [-0.4, -0.2) is 54.5 Å². The average Bonchev–Trinajstić information content (AvgIpc) is 2.95. The summed E-state index contributed by atoms with van der Waals surface area (Å²) >= 11 is 0. The van der Waals surface area contributed by atoms with Crippen LogP contribution in [0.4, 0.5) is 10.5 Å². The molecule has 1 aliphatic carbocycles. The van der Waals surface area contributed by atoms with E-state index < -0.39 is 6.09 Å². The van der Waals surface area contributed by atoms with Gasteiger partial charge in [0.25, 0.3) is 0 Å². The number of amides is 3. The van der Waals surface area contributed by atoms with E-state index in [1.165, 1.54) is 0 Å². The van der Waals surface area contributed by atoms with Crippen molar-refractivity contribution < 1.29 is 23.6 Å². The van der Waals surface area contributed by atoms with Crippen molar-refractivity contribution in [1.29, 1.82) is 5.41 Å². The van der Waals surface area contributed by atoms with Crippen LogP contribution in [0.5, 0.6) is 0 Å². The molecule has 39 heavy (non-hydrogen) atoms. The number of halogens is 1. The van der Waals surface area contributed by atoms with Gasteiger partial charge in [0.2, 0.25) is 5.91 Å². The Balaban J connectivity index is 0.00000420. The summed E-state index contributed by atoms with van der Waals surface area (Å²) in [5.74, 6) is -0.180. The molecule has 3 amide bonds. The highest BCUT2D eigenvalue weighted by Gasteiger charge is 2.49. The lowest BCUT2D eigenvalue weighted by atomic mass is 9.91. The number of nitrogens with zero attached hydrogens (tertiary/aromatic N) is 2. The number of rotatable bonds is 7. The molecular formula is C30H40ClN4O4+. The van der Waals surface area contributed by atoms with Gasteiger partial charge >= 0.3 is 12.0 Å². The van der Waals surface area contributed by atoms with E-state index in [1.807, 2.05) is 29.2 Å². The molecule has 2 aromatic rings. The number of nitrogens with two attached hydrogens (primary N) is 1. The van der Waals surface area contributed by atoms with E-state index in [2.05, 4.69) is 0 Å². The second-order valence-electron chi connectivity index (χ2n) is 10.5. The predicted octanol–water partition coefficient (Wildman–Crippen LogP) is 5.38. The number of aryl methyl sites for hydroxylation is 2. The van der Waals surface area contributed by atoms with E-state index in [1.54, 1.807) is 32.2 Å². The van der Waals surface area contributed by atoms with Crippen LogP contribution in [0.3, 0.4) is 0 Å². The summed E-state index contributed by atoms with van der Waals surface area (Å²) in [6, 6.07) is 12.8. The van der Waals surface area contributed by atoms with Gasteiger partial charge in [-0.3, -0.25) is 10.2 Å². The first-order valence-electron chi connectivity index (χ1n) is 13.7. The summed E-state index contributed by atoms with van der Waals surface area (Å²) in [4.78, 5) is 42.0. The third-order valence-corrected chi connectivity index (χ3v) is 8.01. The molecule has 0 saturated heterocycles. The Hall–Kier alpha value is -3.23. The van der Waals surface area contributed by atoms with Crippen molar-refractivity contribution in [3.05, 3.63) is 64.7 Å². The molecule has 1 aliphatic heterocycles. The Morgan fingerprint density at radius 1 is 1.03 bits per heavy atom. The van der Waals surface area contributed by atoms with Gasteiger partial charge in [-0.05, 0) is 68.4 Å². The van der Waals surface area contributed by atoms with Crippen molar-refractivity contribution in [3.8, 4) is 0 Å². The van der Waals surface area contributed by atoms with Crippen molar-refractivity contribution in [3.63, 3.8) is 0 Å². The van der Waals surface area contributed by atoms with Crippen molar-refractivity contribution in [2.75, 3.05) is 25.1 Å². The molecule has 0 bridgehead atoms. The van der Waals surface area contributed by atoms with Gasteiger partial charge in [-0.15, -0.1) is 12.4 Å². The topological polar surface area (TPSA) is 114 Å². The van der Waals surface area contributed by atoms with E-state index in [-0.39, 0.29) is 47.2 Å². The van der Waals surface area contributed by atoms with Crippen LogP contribution in [-0.2, 0) is 22.4 Å². The molecule has 0 aromatic heterocycles. The summed E-state index contributed by atoms with van der Waals surface area (Å²) in [5.41, 5.74) is 9.49. The van der Waals surface area contributed by atoms with Crippen molar-refractivity contribution in [2.45, 2.75) is 70.8 Å². The van der Waals surface area contributed by atoms with E-state index in [0.717, 1.165) is 61.8 Å². The lowest BCUT2D eigenvalue weighted by Gasteiger charge is -2.37. The normalized spacial score (nSPS) is 16.8. The highest BCUT2D eigenvalue weighted by molar-refractivity contribution is 5.98. The third-order valence-electron chi connectivity index (χ3n) is 8.01. The van der Waals surface area contributed by atoms with Gasteiger partial charge in [0.1, 0.15) is 11.9 Å². The van der Waals surface area contributed by atoms with Gasteiger partial charge < -0.3 is 15.4 Å². The lowest BCUT2D eigenvalue weighted by Crippen LogP contribution is -2.60. The maximum Gasteiger partial charge on any atom is 0.523 e. The monoisotopic (exact) mass is 555 g/mol. The van der Waals surface area contributed by atoms with Crippen molar-refractivity contribution in [1.82, 2.24) is 0 Å². The Morgan fingerprint density at radius 2 is 1.69 bits per heavy atom. The highest BCUT2D eigenvalue weighted by atomic mass is 35.5. The molecule has 210 valence electrons. The molecule has 4 rings (SSSR count).